The molecule has 2 aromatic rings. The highest BCUT2D eigenvalue weighted by Crippen LogP contribution is 2.28. The number of carbonyl (C=O) groups excluding carboxylic acids is 1. The molecule has 1 aliphatic rings. The summed E-state index contributed by atoms with van der Waals surface area (Å²) in [6.45, 7) is 2.25. The van der Waals surface area contributed by atoms with Gasteiger partial charge in [0.1, 0.15) is 5.82 Å². The van der Waals surface area contributed by atoms with Crippen LogP contribution in [0, 0.1) is 6.92 Å². The number of rotatable bonds is 6. The number of hydrogen-bond donors (Lipinski definition) is 3. The molecule has 28 heavy (non-hydrogen) atoms. The second-order valence-corrected chi connectivity index (χ2v) is 6.96. The fraction of sp³-hybridized carbons (Fsp3) is 0.474. The van der Waals surface area contributed by atoms with E-state index in [0.29, 0.717) is 30.0 Å². The molecule has 9 heteroatoms. The molecule has 154 valence electrons. The van der Waals surface area contributed by atoms with E-state index in [1.54, 1.807) is 25.4 Å². The van der Waals surface area contributed by atoms with E-state index in [1.165, 1.54) is 0 Å². The number of amides is 1. The van der Waals surface area contributed by atoms with E-state index < -0.39 is 0 Å². The molecule has 0 aliphatic heterocycles. The molecular formula is C19H27Cl2N5O2. The van der Waals surface area contributed by atoms with E-state index in [9.17, 15) is 9.59 Å². The van der Waals surface area contributed by atoms with E-state index in [4.69, 9.17) is 5.73 Å². The second-order valence-electron chi connectivity index (χ2n) is 6.96. The summed E-state index contributed by atoms with van der Waals surface area (Å²) in [4.78, 5) is 36.1. The predicted molar refractivity (Wildman–Crippen MR) is 114 cm³/mol. The number of pyridine rings is 1. The number of nitrogens with two attached hydrogens (primary N) is 1. The topological polar surface area (TPSA) is 114 Å². The van der Waals surface area contributed by atoms with Crippen molar-refractivity contribution in [3.8, 4) is 11.4 Å². The minimum atomic E-state index is -0.263. The monoisotopic (exact) mass is 427 g/mol. The van der Waals surface area contributed by atoms with Crippen molar-refractivity contribution in [3.05, 3.63) is 46.1 Å². The van der Waals surface area contributed by atoms with E-state index in [-0.39, 0.29) is 48.2 Å². The van der Waals surface area contributed by atoms with Gasteiger partial charge in [0.15, 0.2) is 0 Å². The molecule has 0 unspecified atom stereocenters. The summed E-state index contributed by atoms with van der Waals surface area (Å²) in [5.41, 5.74) is 7.32. The molecule has 1 saturated carbocycles. The number of halogens is 2. The fourth-order valence-electron chi connectivity index (χ4n) is 3.57. The summed E-state index contributed by atoms with van der Waals surface area (Å²) in [5.74, 6) is 0.425. The third kappa shape index (κ3) is 5.53. The molecule has 1 fully saturated rings. The molecule has 3 rings (SSSR count). The zero-order chi connectivity index (χ0) is 18.6. The molecule has 2 heterocycles. The molecule has 0 spiro atoms. The first-order valence-electron chi connectivity index (χ1n) is 9.04. The Morgan fingerprint density at radius 1 is 1.32 bits per heavy atom. The number of hydrogen-bond acceptors (Lipinski definition) is 5. The molecule has 0 radical (unpaired) electrons. The smallest absolute Gasteiger partial charge is 0.254 e. The average molecular weight is 428 g/mol. The Labute approximate surface area is 176 Å². The largest absolute Gasteiger partial charge is 0.349 e. The number of aromatic nitrogens is 3. The Balaban J connectivity index is 0.00000196. The van der Waals surface area contributed by atoms with Gasteiger partial charge in [0.05, 0.1) is 5.54 Å². The Hall–Kier alpha value is -1.96. The summed E-state index contributed by atoms with van der Waals surface area (Å²) >= 11 is 0. The molecule has 4 N–H and O–H groups in total. The lowest BCUT2D eigenvalue weighted by molar-refractivity contribution is -0.122. The van der Waals surface area contributed by atoms with Crippen LogP contribution in [0.4, 0.5) is 0 Å². The number of nitrogens with zero attached hydrogens (tertiary/aromatic N) is 2. The normalized spacial score (nSPS) is 14.6. The van der Waals surface area contributed by atoms with Gasteiger partial charge in [-0.05, 0) is 38.3 Å². The standard InChI is InChI=1S/C19H25N5O2.2ClH/c1-13-15(6-7-16(25)24-19(12-20)8-2-3-9-19)18(26)23-17(22-13)14-5-4-10-21-11-14;;/h4-5,10-11H,2-3,6-9,12,20H2,1H3,(H,24,25)(H,22,23,26);2*1H. The molecule has 0 saturated heterocycles. The summed E-state index contributed by atoms with van der Waals surface area (Å²) in [7, 11) is 0. The first-order chi connectivity index (χ1) is 12.5. The van der Waals surface area contributed by atoms with Crippen molar-refractivity contribution in [2.45, 2.75) is 51.0 Å². The van der Waals surface area contributed by atoms with Crippen LogP contribution in [-0.2, 0) is 11.2 Å². The van der Waals surface area contributed by atoms with Crippen LogP contribution < -0.4 is 16.6 Å². The van der Waals surface area contributed by atoms with Crippen LogP contribution in [0.5, 0.6) is 0 Å². The van der Waals surface area contributed by atoms with Gasteiger partial charge in [-0.2, -0.15) is 0 Å². The summed E-state index contributed by atoms with van der Waals surface area (Å²) in [6, 6.07) is 3.63. The van der Waals surface area contributed by atoms with Gasteiger partial charge in [-0.25, -0.2) is 4.98 Å². The second kappa shape index (κ2) is 10.5. The Morgan fingerprint density at radius 3 is 2.61 bits per heavy atom. The van der Waals surface area contributed by atoms with Crippen molar-refractivity contribution in [2.24, 2.45) is 5.73 Å². The van der Waals surface area contributed by atoms with Crippen LogP contribution in [0.15, 0.2) is 29.3 Å². The van der Waals surface area contributed by atoms with Gasteiger partial charge in [0, 0.05) is 42.2 Å². The van der Waals surface area contributed by atoms with Gasteiger partial charge in [0.25, 0.3) is 5.56 Å². The maximum atomic E-state index is 12.4. The van der Waals surface area contributed by atoms with Crippen molar-refractivity contribution in [3.63, 3.8) is 0 Å². The first kappa shape index (κ1) is 24.1. The van der Waals surface area contributed by atoms with Crippen LogP contribution in [-0.4, -0.2) is 32.9 Å². The highest BCUT2D eigenvalue weighted by atomic mass is 35.5. The van der Waals surface area contributed by atoms with Crippen molar-refractivity contribution >= 4 is 30.7 Å². The molecule has 7 nitrogen and oxygen atoms in total. The van der Waals surface area contributed by atoms with Crippen molar-refractivity contribution in [1.82, 2.24) is 20.3 Å². The molecular weight excluding hydrogens is 401 g/mol. The van der Waals surface area contributed by atoms with Crippen LogP contribution in [0.25, 0.3) is 11.4 Å². The third-order valence-electron chi connectivity index (χ3n) is 5.12. The van der Waals surface area contributed by atoms with Crippen LogP contribution >= 0.6 is 24.8 Å². The average Bonchev–Trinajstić information content (AvgIpc) is 3.10. The number of aryl methyl sites for hydroxylation is 1. The highest BCUT2D eigenvalue weighted by molar-refractivity contribution is 5.85. The third-order valence-corrected chi connectivity index (χ3v) is 5.12. The van der Waals surface area contributed by atoms with Crippen molar-refractivity contribution in [1.29, 1.82) is 0 Å². The summed E-state index contributed by atoms with van der Waals surface area (Å²) in [5, 5.41) is 3.08. The first-order valence-corrected chi connectivity index (χ1v) is 9.04. The zero-order valence-electron chi connectivity index (χ0n) is 15.9. The Kier molecular flexibility index (Phi) is 9.07. The van der Waals surface area contributed by atoms with Crippen LogP contribution in [0.1, 0.15) is 43.4 Å². The fourth-order valence-corrected chi connectivity index (χ4v) is 3.57. The maximum Gasteiger partial charge on any atom is 0.254 e. The summed E-state index contributed by atoms with van der Waals surface area (Å²) < 4.78 is 0. The SMILES string of the molecule is Cc1nc(-c2cccnc2)[nH]c(=O)c1CCC(=O)NC1(CN)CCCC1.Cl.Cl. The van der Waals surface area contributed by atoms with Crippen LogP contribution in [0.2, 0.25) is 0 Å². The highest BCUT2D eigenvalue weighted by Gasteiger charge is 2.33. The van der Waals surface area contributed by atoms with Crippen molar-refractivity contribution in [2.75, 3.05) is 6.54 Å². The predicted octanol–water partition coefficient (Wildman–Crippen LogP) is 2.30. The van der Waals surface area contributed by atoms with E-state index in [1.807, 2.05) is 6.07 Å². The van der Waals surface area contributed by atoms with Gasteiger partial charge < -0.3 is 16.0 Å². The van der Waals surface area contributed by atoms with Gasteiger partial charge in [-0.15, -0.1) is 24.8 Å². The minimum absolute atomic E-state index is 0. The molecule has 0 aromatic carbocycles. The zero-order valence-corrected chi connectivity index (χ0v) is 17.5. The number of carbonyl (C=O) groups is 1. The van der Waals surface area contributed by atoms with Gasteiger partial charge in [-0.1, -0.05) is 12.8 Å². The Morgan fingerprint density at radius 2 is 2.04 bits per heavy atom. The lowest BCUT2D eigenvalue weighted by Gasteiger charge is -2.28. The number of aromatic amines is 1. The number of H-pyrrole nitrogens is 1. The molecule has 1 amide bonds. The maximum absolute atomic E-state index is 12.4. The van der Waals surface area contributed by atoms with Gasteiger partial charge in [0.2, 0.25) is 5.91 Å². The van der Waals surface area contributed by atoms with E-state index in [0.717, 1.165) is 31.2 Å². The minimum Gasteiger partial charge on any atom is -0.349 e. The molecule has 0 atom stereocenters. The van der Waals surface area contributed by atoms with E-state index >= 15 is 0 Å². The van der Waals surface area contributed by atoms with Crippen LogP contribution in [0.3, 0.4) is 0 Å². The summed E-state index contributed by atoms with van der Waals surface area (Å²) in [6.07, 6.45) is 7.96. The lowest BCUT2D eigenvalue weighted by Crippen LogP contribution is -2.51. The van der Waals surface area contributed by atoms with E-state index in [2.05, 4.69) is 20.3 Å². The quantitative estimate of drug-likeness (QED) is 0.654. The van der Waals surface area contributed by atoms with Gasteiger partial charge >= 0.3 is 0 Å². The molecule has 1 aliphatic carbocycles. The van der Waals surface area contributed by atoms with Gasteiger partial charge in [-0.3, -0.25) is 14.6 Å². The lowest BCUT2D eigenvalue weighted by atomic mass is 9.97. The number of nitrogens with one attached hydrogen (secondary N) is 2. The Bertz CT molecular complexity index is 836. The molecule has 2 aromatic heterocycles. The molecule has 0 bridgehead atoms. The van der Waals surface area contributed by atoms with Crippen molar-refractivity contribution < 1.29 is 4.79 Å².